The first-order chi connectivity index (χ1) is 6.86. The summed E-state index contributed by atoms with van der Waals surface area (Å²) in [5, 5.41) is 2.16. The summed E-state index contributed by atoms with van der Waals surface area (Å²) >= 11 is 0. The molecular weight excluding hydrogens is 172 g/mol. The number of ketones is 1. The number of rotatable bonds is 0. The molecule has 1 nitrogen and oxygen atoms in total. The van der Waals surface area contributed by atoms with Crippen molar-refractivity contribution in [2.24, 2.45) is 0 Å². The Bertz CT molecular complexity index is 601. The molecule has 0 saturated carbocycles. The van der Waals surface area contributed by atoms with Crippen molar-refractivity contribution < 1.29 is 4.79 Å². The molecule has 0 heterocycles. The van der Waals surface area contributed by atoms with Gasteiger partial charge in [0.15, 0.2) is 5.78 Å². The highest BCUT2D eigenvalue weighted by atomic mass is 16.1. The predicted molar refractivity (Wildman–Crippen MR) is 57.1 cm³/mol. The number of benzene rings is 1. The molecule has 66 valence electrons. The number of allylic oxidation sites excluding steroid dienone is 3. The smallest absolute Gasteiger partial charge is 0.187 e. The lowest BCUT2D eigenvalue weighted by atomic mass is 9.97. The van der Waals surface area contributed by atoms with Crippen LogP contribution in [0.1, 0.15) is 15.9 Å². The van der Waals surface area contributed by atoms with Gasteiger partial charge in [0.25, 0.3) is 0 Å². The van der Waals surface area contributed by atoms with Gasteiger partial charge in [0.05, 0.1) is 0 Å². The molecule has 2 aliphatic carbocycles. The largest absolute Gasteiger partial charge is 0.289 e. The van der Waals surface area contributed by atoms with Crippen molar-refractivity contribution in [3.05, 3.63) is 51.9 Å². The first-order valence-electron chi connectivity index (χ1n) is 4.60. The van der Waals surface area contributed by atoms with Crippen molar-refractivity contribution in [2.45, 2.75) is 0 Å². The number of hydrogen-bond acceptors (Lipinski definition) is 1. The Balaban J connectivity index is 2.52. The van der Waals surface area contributed by atoms with Crippen LogP contribution < -0.4 is 10.4 Å². The van der Waals surface area contributed by atoms with E-state index in [1.165, 1.54) is 0 Å². The first-order valence-corrected chi connectivity index (χ1v) is 4.60. The maximum atomic E-state index is 11.7. The van der Waals surface area contributed by atoms with E-state index >= 15 is 0 Å². The van der Waals surface area contributed by atoms with Gasteiger partial charge in [0.2, 0.25) is 0 Å². The molecule has 0 saturated heterocycles. The van der Waals surface area contributed by atoms with Crippen LogP contribution in [-0.4, -0.2) is 5.78 Å². The van der Waals surface area contributed by atoms with Gasteiger partial charge in [-0.3, -0.25) is 4.79 Å². The number of carbonyl (C=O) groups excluding carboxylic acids is 1. The monoisotopic (exact) mass is 180 g/mol. The zero-order valence-electron chi connectivity index (χ0n) is 7.53. The van der Waals surface area contributed by atoms with Gasteiger partial charge in [-0.05, 0) is 22.1 Å². The maximum Gasteiger partial charge on any atom is 0.187 e. The van der Waals surface area contributed by atoms with Gasteiger partial charge in [-0.1, -0.05) is 42.5 Å². The highest BCUT2D eigenvalue weighted by Crippen LogP contribution is 2.10. The summed E-state index contributed by atoms with van der Waals surface area (Å²) in [4.78, 5) is 11.7. The third-order valence-electron chi connectivity index (χ3n) is 2.62. The second kappa shape index (κ2) is 2.55. The second-order valence-corrected chi connectivity index (χ2v) is 3.45. The van der Waals surface area contributed by atoms with Crippen LogP contribution in [0.5, 0.6) is 0 Å². The summed E-state index contributed by atoms with van der Waals surface area (Å²) in [7, 11) is 0. The molecule has 0 atom stereocenters. The van der Waals surface area contributed by atoms with Crippen molar-refractivity contribution in [3.8, 4) is 0 Å². The summed E-state index contributed by atoms with van der Waals surface area (Å²) in [5.41, 5.74) is 1.91. The van der Waals surface area contributed by atoms with E-state index < -0.39 is 0 Å². The number of carbonyl (C=O) groups is 1. The quantitative estimate of drug-likeness (QED) is 0.582. The Kier molecular flexibility index (Phi) is 1.37. The Morgan fingerprint density at radius 3 is 2.50 bits per heavy atom. The number of fused-ring (bicyclic) bond motifs is 3. The van der Waals surface area contributed by atoms with Gasteiger partial charge < -0.3 is 0 Å². The molecule has 1 aromatic carbocycles. The SMILES string of the molecule is O=C1C=CC=c2ccc3c(c21)C=CC=3. The van der Waals surface area contributed by atoms with Crippen LogP contribution in [0.25, 0.3) is 18.2 Å². The molecule has 3 rings (SSSR count). The summed E-state index contributed by atoms with van der Waals surface area (Å²) in [5.74, 6) is 0.110. The molecule has 0 amide bonds. The van der Waals surface area contributed by atoms with Gasteiger partial charge in [-0.15, -0.1) is 0 Å². The van der Waals surface area contributed by atoms with Crippen LogP contribution in [0, 0.1) is 0 Å². The van der Waals surface area contributed by atoms with Crippen molar-refractivity contribution in [1.82, 2.24) is 0 Å². The molecule has 0 fully saturated rings. The van der Waals surface area contributed by atoms with Crippen LogP contribution in [0.2, 0.25) is 0 Å². The zero-order valence-corrected chi connectivity index (χ0v) is 7.53. The summed E-state index contributed by atoms with van der Waals surface area (Å²) in [6.07, 6.45) is 11.4. The van der Waals surface area contributed by atoms with Crippen LogP contribution in [0.3, 0.4) is 0 Å². The molecular formula is C13H8O. The fourth-order valence-electron chi connectivity index (χ4n) is 1.96. The Hall–Kier alpha value is -1.89. The van der Waals surface area contributed by atoms with Crippen LogP contribution in [0.15, 0.2) is 30.4 Å². The van der Waals surface area contributed by atoms with E-state index in [9.17, 15) is 4.79 Å². The fraction of sp³-hybridized carbons (Fsp3) is 0. The lowest BCUT2D eigenvalue weighted by Gasteiger charge is -2.05. The minimum absolute atomic E-state index is 0.110. The summed E-state index contributed by atoms with van der Waals surface area (Å²) in [6.45, 7) is 0. The van der Waals surface area contributed by atoms with Crippen molar-refractivity contribution in [2.75, 3.05) is 0 Å². The van der Waals surface area contributed by atoms with Crippen molar-refractivity contribution >= 4 is 24.0 Å². The molecule has 0 aromatic heterocycles. The molecule has 1 aromatic rings. The van der Waals surface area contributed by atoms with E-state index in [1.54, 1.807) is 12.2 Å². The zero-order chi connectivity index (χ0) is 9.54. The molecule has 0 aliphatic heterocycles. The van der Waals surface area contributed by atoms with Crippen LogP contribution in [-0.2, 0) is 0 Å². The van der Waals surface area contributed by atoms with E-state index in [4.69, 9.17) is 0 Å². The average molecular weight is 180 g/mol. The third-order valence-corrected chi connectivity index (χ3v) is 2.62. The summed E-state index contributed by atoms with van der Waals surface area (Å²) in [6, 6.07) is 4.05. The number of hydrogen-bond donors (Lipinski definition) is 0. The molecule has 0 spiro atoms. The van der Waals surface area contributed by atoms with Crippen molar-refractivity contribution in [3.63, 3.8) is 0 Å². The maximum absolute atomic E-state index is 11.7. The fourth-order valence-corrected chi connectivity index (χ4v) is 1.96. The molecule has 2 aliphatic rings. The highest BCUT2D eigenvalue weighted by Gasteiger charge is 2.13. The highest BCUT2D eigenvalue weighted by molar-refractivity contribution is 6.09. The van der Waals surface area contributed by atoms with E-state index in [0.29, 0.717) is 0 Å². The standard InChI is InChI=1S/C13H8O/c14-12-6-2-4-10-8-7-9-3-1-5-11(9)13(10)12/h1-8H. The molecule has 0 N–H and O–H groups in total. The van der Waals surface area contributed by atoms with Gasteiger partial charge >= 0.3 is 0 Å². The Morgan fingerprint density at radius 1 is 0.857 bits per heavy atom. The topological polar surface area (TPSA) is 17.1 Å². The first kappa shape index (κ1) is 7.51. The van der Waals surface area contributed by atoms with Gasteiger partial charge in [-0.2, -0.15) is 0 Å². The average Bonchev–Trinajstić information content (AvgIpc) is 2.65. The van der Waals surface area contributed by atoms with E-state index in [1.807, 2.05) is 30.4 Å². The van der Waals surface area contributed by atoms with Crippen LogP contribution in [0.4, 0.5) is 0 Å². The van der Waals surface area contributed by atoms with Crippen molar-refractivity contribution in [1.29, 1.82) is 0 Å². The second-order valence-electron chi connectivity index (χ2n) is 3.45. The molecule has 1 heteroatoms. The van der Waals surface area contributed by atoms with Crippen LogP contribution >= 0.6 is 0 Å². The normalized spacial score (nSPS) is 15.9. The third kappa shape index (κ3) is 0.867. The van der Waals surface area contributed by atoms with E-state index in [2.05, 4.69) is 6.07 Å². The molecule has 14 heavy (non-hydrogen) atoms. The van der Waals surface area contributed by atoms with Gasteiger partial charge in [0.1, 0.15) is 0 Å². The predicted octanol–water partition coefficient (Wildman–Crippen LogP) is 1.03. The molecule has 0 radical (unpaired) electrons. The Morgan fingerprint density at radius 2 is 1.57 bits per heavy atom. The minimum atomic E-state index is 0.110. The van der Waals surface area contributed by atoms with Gasteiger partial charge in [-0.25, -0.2) is 0 Å². The lowest BCUT2D eigenvalue weighted by Crippen LogP contribution is -2.23. The van der Waals surface area contributed by atoms with E-state index in [-0.39, 0.29) is 5.78 Å². The van der Waals surface area contributed by atoms with E-state index in [0.717, 1.165) is 21.6 Å². The summed E-state index contributed by atoms with van der Waals surface area (Å²) < 4.78 is 0. The van der Waals surface area contributed by atoms with Gasteiger partial charge in [0, 0.05) is 5.56 Å². The molecule has 0 bridgehead atoms. The Labute approximate surface area is 81.4 Å². The minimum Gasteiger partial charge on any atom is -0.289 e. The lowest BCUT2D eigenvalue weighted by molar-refractivity contribution is 0.104. The molecule has 0 unspecified atom stereocenters.